The number of thiocarbonyl (C=S) groups is 1. The van der Waals surface area contributed by atoms with Crippen LogP contribution in [-0.4, -0.2) is 98.8 Å². The number of likely N-dealkylation sites (tertiary alicyclic amines) is 1. The molecule has 2 saturated heterocycles. The molecule has 2 aromatic heterocycles. The van der Waals surface area contributed by atoms with E-state index in [-0.39, 0.29) is 51.3 Å². The number of β-amino-alcohol motifs (C(OH)–C–C–N with tert-alkyl or cyclic N) is 1. The van der Waals surface area contributed by atoms with Gasteiger partial charge in [-0.2, -0.15) is 44.8 Å². The number of aliphatic hydroxyl groups excluding tert-OH is 1. The number of aryl methyl sites for hydroxylation is 1. The van der Waals surface area contributed by atoms with Gasteiger partial charge in [0.15, 0.2) is 10.9 Å². The molecule has 3 aromatic carbocycles. The van der Waals surface area contributed by atoms with E-state index in [0.717, 1.165) is 46.5 Å². The molecule has 4 heterocycles. The highest BCUT2D eigenvalue weighted by atomic mass is 32.1. The van der Waals surface area contributed by atoms with Crippen LogP contribution in [0.5, 0.6) is 5.75 Å². The Balaban J connectivity index is 0.949. The summed E-state index contributed by atoms with van der Waals surface area (Å²) in [6, 6.07) is 10.3. The van der Waals surface area contributed by atoms with Crippen molar-refractivity contribution in [2.24, 2.45) is 5.41 Å². The molecule has 4 amide bonds. The predicted molar refractivity (Wildman–Crippen MR) is 280 cm³/mol. The van der Waals surface area contributed by atoms with Crippen molar-refractivity contribution in [2.75, 3.05) is 36.2 Å². The van der Waals surface area contributed by atoms with E-state index in [2.05, 4.69) is 20.6 Å². The molecular formula is C54H52F10N8O7S2. The fraction of sp³-hybridized carbons (Fsp3) is 0.407. The Labute approximate surface area is 466 Å². The summed E-state index contributed by atoms with van der Waals surface area (Å²) in [5, 5.41) is 24.4. The highest BCUT2D eigenvalue weighted by molar-refractivity contribution is 7.81. The fourth-order valence-electron chi connectivity index (χ4n) is 9.25. The van der Waals surface area contributed by atoms with Crippen LogP contribution in [0.25, 0.3) is 21.7 Å². The lowest BCUT2D eigenvalue weighted by Gasteiger charge is -2.35. The summed E-state index contributed by atoms with van der Waals surface area (Å²) in [7, 11) is 0. The van der Waals surface area contributed by atoms with E-state index in [1.807, 2.05) is 31.2 Å². The Morgan fingerprint density at radius 1 is 0.926 bits per heavy atom. The van der Waals surface area contributed by atoms with Crippen molar-refractivity contribution in [1.82, 2.24) is 25.5 Å². The summed E-state index contributed by atoms with van der Waals surface area (Å²) in [5.74, 6) is -5.42. The van der Waals surface area contributed by atoms with E-state index in [0.29, 0.717) is 41.4 Å². The average Bonchev–Trinajstić information content (AvgIpc) is 4.07. The van der Waals surface area contributed by atoms with Crippen molar-refractivity contribution >= 4 is 63.7 Å². The van der Waals surface area contributed by atoms with E-state index < -0.39 is 134 Å². The van der Waals surface area contributed by atoms with Gasteiger partial charge in [0.05, 0.1) is 74.8 Å². The van der Waals surface area contributed by atoms with Gasteiger partial charge in [0.2, 0.25) is 17.7 Å². The highest BCUT2D eigenvalue weighted by Crippen LogP contribution is 2.47. The average molecular weight is 1180 g/mol. The number of anilines is 2. The van der Waals surface area contributed by atoms with Gasteiger partial charge in [-0.15, -0.1) is 11.3 Å². The maximum Gasteiger partial charge on any atom is 0.420 e. The SMILES string of the molecule is Cc1ncsc1-c1ccc(CNC(=O)[C@@H]2C[C@@H](O)CN2C(=O)[C@@H](NC(=O)COCCCCOc2ccc(-c3ncc(N4C(=S)N(c5ccc(C#N)c(C(F)(F)F)c5F)C(=O)C4(C)C)cc3C(F)(F)F)c(C(F)(F)F)c2)C(C)(C)C)cc1. The number of nitriles is 1. The Morgan fingerprint density at radius 3 is 2.20 bits per heavy atom. The Hall–Kier alpha value is -7.28. The van der Waals surface area contributed by atoms with E-state index in [9.17, 15) is 69.1 Å². The number of ether oxygens (including phenoxy) is 2. The molecule has 2 aliphatic heterocycles. The van der Waals surface area contributed by atoms with Crippen molar-refractivity contribution in [3.8, 4) is 33.5 Å². The second-order valence-corrected chi connectivity index (χ2v) is 21.8. The van der Waals surface area contributed by atoms with Gasteiger partial charge in [0.25, 0.3) is 5.91 Å². The number of pyridine rings is 1. The minimum Gasteiger partial charge on any atom is -0.494 e. The topological polar surface area (TPSA) is 190 Å². The van der Waals surface area contributed by atoms with Crippen LogP contribution < -0.4 is 25.2 Å². The summed E-state index contributed by atoms with van der Waals surface area (Å²) in [5.41, 5.74) is -8.90. The lowest BCUT2D eigenvalue weighted by molar-refractivity contribution is -0.144. The smallest absolute Gasteiger partial charge is 0.420 e. The maximum absolute atomic E-state index is 15.5. The lowest BCUT2D eigenvalue weighted by atomic mass is 9.85. The lowest BCUT2D eigenvalue weighted by Crippen LogP contribution is -2.58. The predicted octanol–water partition coefficient (Wildman–Crippen LogP) is 10.1. The van der Waals surface area contributed by atoms with Crippen LogP contribution in [0, 0.1) is 29.5 Å². The van der Waals surface area contributed by atoms with Gasteiger partial charge >= 0.3 is 18.5 Å². The number of thiazole rings is 1. The molecule has 432 valence electrons. The Bertz CT molecular complexity index is 3270. The first-order valence-corrected chi connectivity index (χ1v) is 26.1. The van der Waals surface area contributed by atoms with E-state index in [4.69, 9.17) is 21.7 Å². The van der Waals surface area contributed by atoms with Gasteiger partial charge in [-0.1, -0.05) is 45.0 Å². The van der Waals surface area contributed by atoms with Crippen molar-refractivity contribution in [3.63, 3.8) is 0 Å². The summed E-state index contributed by atoms with van der Waals surface area (Å²) in [6.07, 6.45) is -16.1. The van der Waals surface area contributed by atoms with Gasteiger partial charge in [-0.05, 0) is 98.8 Å². The number of hydrogen-bond donors (Lipinski definition) is 3. The minimum atomic E-state index is -5.43. The number of hydrogen-bond acceptors (Lipinski definition) is 12. The number of rotatable bonds is 17. The van der Waals surface area contributed by atoms with Gasteiger partial charge in [0, 0.05) is 31.7 Å². The van der Waals surface area contributed by atoms with Crippen LogP contribution in [0.2, 0.25) is 0 Å². The van der Waals surface area contributed by atoms with Gasteiger partial charge in [0.1, 0.15) is 35.5 Å². The zero-order valence-electron chi connectivity index (χ0n) is 44.0. The van der Waals surface area contributed by atoms with Crippen LogP contribution in [0.15, 0.2) is 72.4 Å². The number of halogens is 10. The van der Waals surface area contributed by atoms with Crippen LogP contribution in [0.1, 0.15) is 87.4 Å². The standard InChI is InChI=1S/C54H52F10N8O7S2/c1-28-44(81-27-68-28)30-11-9-29(10-12-30)23-67-46(75)39-20-33(73)25-70(39)47(76)45(50(2,3)4)69-40(74)26-78-17-7-8-18-79-34-14-15-35(36(21-34)52(56,57)58)43-37(53(59,60)61)19-32(24-66-43)72-49(80)71(48(77)51(72,5)6)38-16-13-31(22-65)41(42(38)55)54(62,63)64/h9-16,19,21,24,27,33,39,45,73H,7-8,17-18,20,23,25-26H2,1-6H3,(H,67,75)(H,69,74)/t33-,39+,45-/m1/s1. The number of nitrogens with zero attached hydrogens (tertiary/aromatic N) is 6. The summed E-state index contributed by atoms with van der Waals surface area (Å²) < 4.78 is 157. The second kappa shape index (κ2) is 23.7. The summed E-state index contributed by atoms with van der Waals surface area (Å²) in [6.45, 7) is 8.47. The van der Waals surface area contributed by atoms with E-state index in [1.165, 1.54) is 22.3 Å². The summed E-state index contributed by atoms with van der Waals surface area (Å²) >= 11 is 6.82. The third kappa shape index (κ3) is 13.4. The van der Waals surface area contributed by atoms with Crippen molar-refractivity contribution in [1.29, 1.82) is 5.26 Å². The number of carbonyl (C=O) groups excluding carboxylic acids is 4. The monoisotopic (exact) mass is 1180 g/mol. The molecule has 15 nitrogen and oxygen atoms in total. The number of benzene rings is 3. The molecule has 27 heteroatoms. The number of alkyl halides is 9. The maximum atomic E-state index is 15.5. The van der Waals surface area contributed by atoms with Crippen molar-refractivity contribution in [2.45, 2.75) is 110 Å². The van der Waals surface area contributed by atoms with Crippen LogP contribution in [-0.2, 0) is 49.0 Å². The largest absolute Gasteiger partial charge is 0.494 e. The zero-order valence-corrected chi connectivity index (χ0v) is 45.6. The first kappa shape index (κ1) is 61.3. The first-order chi connectivity index (χ1) is 37.7. The molecule has 0 unspecified atom stereocenters. The molecular weight excluding hydrogens is 1130 g/mol. The third-order valence-electron chi connectivity index (χ3n) is 13.3. The Morgan fingerprint density at radius 2 is 1.59 bits per heavy atom. The van der Waals surface area contributed by atoms with Gasteiger partial charge in [-0.25, -0.2) is 9.37 Å². The molecule has 0 bridgehead atoms. The van der Waals surface area contributed by atoms with Crippen LogP contribution in [0.3, 0.4) is 0 Å². The van der Waals surface area contributed by atoms with E-state index >= 15 is 4.39 Å². The van der Waals surface area contributed by atoms with Gasteiger partial charge < -0.3 is 35.0 Å². The number of amides is 4. The van der Waals surface area contributed by atoms with E-state index in [1.54, 1.807) is 26.3 Å². The number of carbonyl (C=O) groups is 4. The molecule has 2 aliphatic rings. The molecule has 7 rings (SSSR count). The van der Waals surface area contributed by atoms with Crippen LogP contribution in [0.4, 0.5) is 55.3 Å². The number of unbranched alkanes of at least 4 members (excludes halogenated alkanes) is 1. The van der Waals surface area contributed by atoms with Crippen LogP contribution >= 0.6 is 23.6 Å². The van der Waals surface area contributed by atoms with Gasteiger partial charge in [-0.3, -0.25) is 29.1 Å². The highest BCUT2D eigenvalue weighted by Gasteiger charge is 2.53. The van der Waals surface area contributed by atoms with Crippen molar-refractivity contribution < 1.29 is 77.7 Å². The molecule has 5 aromatic rings. The molecule has 0 radical (unpaired) electrons. The number of aliphatic hydroxyl groups is 1. The quantitative estimate of drug-likeness (QED) is 0.0455. The molecule has 0 aliphatic carbocycles. The second-order valence-electron chi connectivity index (χ2n) is 20.6. The molecule has 3 atom stereocenters. The normalized spacial score (nSPS) is 17.1. The number of aromatic nitrogens is 2. The molecule has 0 saturated carbocycles. The zero-order chi connectivity index (χ0) is 59.7. The molecule has 2 fully saturated rings. The molecule has 0 spiro atoms. The number of nitrogens with one attached hydrogen (secondary N) is 2. The molecule has 3 N–H and O–H groups in total. The first-order valence-electron chi connectivity index (χ1n) is 24.8. The third-order valence-corrected chi connectivity index (χ3v) is 14.7. The Kier molecular flexibility index (Phi) is 17.9. The summed E-state index contributed by atoms with van der Waals surface area (Å²) in [4.78, 5) is 65.6. The minimum absolute atomic E-state index is 0.0227. The van der Waals surface area contributed by atoms with Crippen molar-refractivity contribution in [3.05, 3.63) is 112 Å². The fourth-order valence-corrected chi connectivity index (χ4v) is 10.6. The molecule has 81 heavy (non-hydrogen) atoms.